The number of rotatable bonds is 7. The van der Waals surface area contributed by atoms with Gasteiger partial charge in [-0.15, -0.1) is 11.3 Å². The number of benzene rings is 1. The summed E-state index contributed by atoms with van der Waals surface area (Å²) in [6, 6.07) is 11.1. The number of nitrogens with one attached hydrogen (secondary N) is 1. The normalized spacial score (nSPS) is 10.0. The quantitative estimate of drug-likeness (QED) is 0.795. The standard InChI is InChI=1S/C16H17NO4S/c1-20-13-6-4-12(5-7-13)8-9-21-15(18)11-17-16(19)14-3-2-10-22-14/h2-7,10H,8-9,11H2,1H3,(H,17,19). The van der Waals surface area contributed by atoms with Crippen LogP contribution in [0.15, 0.2) is 41.8 Å². The predicted molar refractivity (Wildman–Crippen MR) is 84.3 cm³/mol. The molecule has 116 valence electrons. The first-order chi connectivity index (χ1) is 10.7. The maximum atomic E-state index is 11.6. The van der Waals surface area contributed by atoms with Crippen LogP contribution >= 0.6 is 11.3 Å². The molecule has 0 aliphatic rings. The van der Waals surface area contributed by atoms with Gasteiger partial charge in [-0.05, 0) is 29.1 Å². The Balaban J connectivity index is 1.66. The van der Waals surface area contributed by atoms with Crippen molar-refractivity contribution >= 4 is 23.2 Å². The van der Waals surface area contributed by atoms with Crippen LogP contribution < -0.4 is 10.1 Å². The lowest BCUT2D eigenvalue weighted by atomic mass is 10.1. The lowest BCUT2D eigenvalue weighted by Crippen LogP contribution is -2.30. The molecule has 0 aliphatic heterocycles. The second-order valence-corrected chi connectivity index (χ2v) is 5.43. The number of methoxy groups -OCH3 is 1. The number of thiophene rings is 1. The maximum absolute atomic E-state index is 11.6. The molecule has 1 aromatic heterocycles. The number of amides is 1. The molecule has 0 radical (unpaired) electrons. The van der Waals surface area contributed by atoms with Crippen molar-refractivity contribution in [3.05, 3.63) is 52.2 Å². The van der Waals surface area contributed by atoms with Gasteiger partial charge >= 0.3 is 5.97 Å². The molecule has 1 N–H and O–H groups in total. The molecule has 0 bridgehead atoms. The minimum Gasteiger partial charge on any atom is -0.497 e. The first-order valence-electron chi connectivity index (χ1n) is 6.79. The summed E-state index contributed by atoms with van der Waals surface area (Å²) >= 11 is 1.33. The van der Waals surface area contributed by atoms with Gasteiger partial charge in [0.25, 0.3) is 5.91 Å². The Hall–Kier alpha value is -2.34. The summed E-state index contributed by atoms with van der Waals surface area (Å²) in [5.74, 6) is 0.0811. The van der Waals surface area contributed by atoms with Crippen molar-refractivity contribution in [2.45, 2.75) is 6.42 Å². The molecule has 0 saturated heterocycles. The fourth-order valence-electron chi connectivity index (χ4n) is 1.77. The molecule has 0 saturated carbocycles. The number of hydrogen-bond acceptors (Lipinski definition) is 5. The van der Waals surface area contributed by atoms with Crippen LogP contribution in [0.1, 0.15) is 15.2 Å². The van der Waals surface area contributed by atoms with Crippen molar-refractivity contribution < 1.29 is 19.1 Å². The van der Waals surface area contributed by atoms with E-state index in [9.17, 15) is 9.59 Å². The van der Waals surface area contributed by atoms with E-state index < -0.39 is 5.97 Å². The molecule has 22 heavy (non-hydrogen) atoms. The van der Waals surface area contributed by atoms with E-state index in [1.165, 1.54) is 11.3 Å². The SMILES string of the molecule is COc1ccc(CCOC(=O)CNC(=O)c2cccs2)cc1. The molecule has 5 nitrogen and oxygen atoms in total. The van der Waals surface area contributed by atoms with E-state index in [1.54, 1.807) is 19.2 Å². The minimum absolute atomic E-state index is 0.126. The Morgan fingerprint density at radius 3 is 2.59 bits per heavy atom. The zero-order valence-electron chi connectivity index (χ0n) is 12.2. The highest BCUT2D eigenvalue weighted by molar-refractivity contribution is 7.12. The van der Waals surface area contributed by atoms with Crippen molar-refractivity contribution in [1.29, 1.82) is 0 Å². The number of esters is 1. The summed E-state index contributed by atoms with van der Waals surface area (Å²) in [6.45, 7) is 0.152. The van der Waals surface area contributed by atoms with Crippen LogP contribution in [0, 0.1) is 0 Å². The predicted octanol–water partition coefficient (Wildman–Crippen LogP) is 2.27. The highest BCUT2D eigenvalue weighted by atomic mass is 32.1. The third kappa shape index (κ3) is 4.89. The lowest BCUT2D eigenvalue weighted by molar-refractivity contribution is -0.142. The Kier molecular flexibility index (Phi) is 5.97. The first-order valence-corrected chi connectivity index (χ1v) is 7.67. The monoisotopic (exact) mass is 319 g/mol. The summed E-state index contributed by atoms with van der Waals surface area (Å²) in [6.07, 6.45) is 0.620. The van der Waals surface area contributed by atoms with Crippen molar-refractivity contribution in [1.82, 2.24) is 5.32 Å². The highest BCUT2D eigenvalue weighted by Crippen LogP contribution is 2.11. The summed E-state index contributed by atoms with van der Waals surface area (Å²) in [4.78, 5) is 23.8. The Labute approximate surface area is 132 Å². The lowest BCUT2D eigenvalue weighted by Gasteiger charge is -2.06. The van der Waals surface area contributed by atoms with Gasteiger partial charge in [-0.2, -0.15) is 0 Å². The third-order valence-electron chi connectivity index (χ3n) is 2.95. The maximum Gasteiger partial charge on any atom is 0.325 e. The van der Waals surface area contributed by atoms with E-state index in [2.05, 4.69) is 5.32 Å². The van der Waals surface area contributed by atoms with Crippen molar-refractivity contribution in [3.63, 3.8) is 0 Å². The molecule has 2 rings (SSSR count). The van der Waals surface area contributed by atoms with Crippen LogP contribution in [0.5, 0.6) is 5.75 Å². The Bertz CT molecular complexity index is 608. The van der Waals surface area contributed by atoms with E-state index in [4.69, 9.17) is 9.47 Å². The summed E-state index contributed by atoms with van der Waals surface area (Å²) < 4.78 is 10.2. The topological polar surface area (TPSA) is 64.6 Å². The number of carbonyl (C=O) groups is 2. The second kappa shape index (κ2) is 8.19. The molecule has 1 amide bonds. The average Bonchev–Trinajstić information content (AvgIpc) is 3.08. The molecular formula is C16H17NO4S. The first kappa shape index (κ1) is 16.0. The van der Waals surface area contributed by atoms with E-state index in [-0.39, 0.29) is 19.1 Å². The van der Waals surface area contributed by atoms with Crippen LogP contribution in [0.25, 0.3) is 0 Å². The summed E-state index contributed by atoms with van der Waals surface area (Å²) in [7, 11) is 1.61. The number of carbonyl (C=O) groups excluding carboxylic acids is 2. The molecule has 0 fully saturated rings. The van der Waals surface area contributed by atoms with Gasteiger partial charge in [0.05, 0.1) is 18.6 Å². The molecule has 6 heteroatoms. The van der Waals surface area contributed by atoms with Gasteiger partial charge in [-0.3, -0.25) is 9.59 Å². The van der Waals surface area contributed by atoms with Gasteiger partial charge in [-0.25, -0.2) is 0 Å². The molecule has 0 atom stereocenters. The molecule has 0 aliphatic carbocycles. The highest BCUT2D eigenvalue weighted by Gasteiger charge is 2.09. The van der Waals surface area contributed by atoms with Crippen LogP contribution in [0.2, 0.25) is 0 Å². The summed E-state index contributed by atoms with van der Waals surface area (Å²) in [5.41, 5.74) is 1.05. The van der Waals surface area contributed by atoms with Gasteiger partial charge in [0.2, 0.25) is 0 Å². The molecule has 2 aromatic rings. The fourth-order valence-corrected chi connectivity index (χ4v) is 2.41. The van der Waals surface area contributed by atoms with E-state index in [1.807, 2.05) is 29.6 Å². The minimum atomic E-state index is -0.446. The van der Waals surface area contributed by atoms with Crippen molar-refractivity contribution in [2.24, 2.45) is 0 Å². The second-order valence-electron chi connectivity index (χ2n) is 4.48. The van der Waals surface area contributed by atoms with Crippen LogP contribution in [0.4, 0.5) is 0 Å². The van der Waals surface area contributed by atoms with Crippen LogP contribution in [-0.4, -0.2) is 32.1 Å². The molecule has 1 aromatic carbocycles. The van der Waals surface area contributed by atoms with Crippen LogP contribution in [-0.2, 0) is 16.0 Å². The number of hydrogen-bond donors (Lipinski definition) is 1. The molecule has 0 unspecified atom stereocenters. The zero-order chi connectivity index (χ0) is 15.8. The van der Waals surface area contributed by atoms with E-state index >= 15 is 0 Å². The molecule has 0 spiro atoms. The van der Waals surface area contributed by atoms with Crippen molar-refractivity contribution in [3.8, 4) is 5.75 Å². The third-order valence-corrected chi connectivity index (χ3v) is 3.82. The van der Waals surface area contributed by atoms with Gasteiger partial charge in [-0.1, -0.05) is 18.2 Å². The molecular weight excluding hydrogens is 302 g/mol. The van der Waals surface area contributed by atoms with Crippen molar-refractivity contribution in [2.75, 3.05) is 20.3 Å². The largest absolute Gasteiger partial charge is 0.497 e. The van der Waals surface area contributed by atoms with Gasteiger partial charge < -0.3 is 14.8 Å². The van der Waals surface area contributed by atoms with Gasteiger partial charge in [0.15, 0.2) is 0 Å². The smallest absolute Gasteiger partial charge is 0.325 e. The van der Waals surface area contributed by atoms with Gasteiger partial charge in [0.1, 0.15) is 12.3 Å². The average molecular weight is 319 g/mol. The number of ether oxygens (including phenoxy) is 2. The van der Waals surface area contributed by atoms with E-state index in [0.29, 0.717) is 11.3 Å². The zero-order valence-corrected chi connectivity index (χ0v) is 13.0. The molecule has 1 heterocycles. The van der Waals surface area contributed by atoms with Crippen LogP contribution in [0.3, 0.4) is 0 Å². The Morgan fingerprint density at radius 2 is 1.95 bits per heavy atom. The summed E-state index contributed by atoms with van der Waals surface area (Å²) in [5, 5.41) is 4.34. The Morgan fingerprint density at radius 1 is 1.18 bits per heavy atom. The van der Waals surface area contributed by atoms with E-state index in [0.717, 1.165) is 11.3 Å². The fraction of sp³-hybridized carbons (Fsp3) is 0.250. The van der Waals surface area contributed by atoms with Gasteiger partial charge in [0, 0.05) is 6.42 Å².